The first kappa shape index (κ1) is 15.4. The van der Waals surface area contributed by atoms with E-state index in [9.17, 15) is 13.9 Å². The third-order valence-electron chi connectivity index (χ3n) is 5.26. The Kier molecular flexibility index (Phi) is 4.19. The number of hydrogen-bond acceptors (Lipinski definition) is 1. The molecule has 1 aliphatic carbocycles. The van der Waals surface area contributed by atoms with Gasteiger partial charge in [-0.1, -0.05) is 33.3 Å². The van der Waals surface area contributed by atoms with Crippen molar-refractivity contribution >= 4 is 0 Å². The van der Waals surface area contributed by atoms with Gasteiger partial charge in [0, 0.05) is 11.6 Å². The Hall–Kier alpha value is -0.960. The van der Waals surface area contributed by atoms with Gasteiger partial charge in [0.25, 0.3) is 0 Å². The Morgan fingerprint density at radius 3 is 2.35 bits per heavy atom. The van der Waals surface area contributed by atoms with Crippen molar-refractivity contribution in [1.82, 2.24) is 0 Å². The van der Waals surface area contributed by atoms with Crippen LogP contribution < -0.4 is 0 Å². The van der Waals surface area contributed by atoms with Crippen LogP contribution in [0.1, 0.15) is 58.4 Å². The molecule has 0 saturated heterocycles. The van der Waals surface area contributed by atoms with Crippen molar-refractivity contribution in [2.45, 2.75) is 58.5 Å². The lowest BCUT2D eigenvalue weighted by Crippen LogP contribution is -2.36. The van der Waals surface area contributed by atoms with Gasteiger partial charge in [-0.05, 0) is 43.1 Å². The summed E-state index contributed by atoms with van der Waals surface area (Å²) >= 11 is 0. The highest BCUT2D eigenvalue weighted by Crippen LogP contribution is 2.47. The van der Waals surface area contributed by atoms with Crippen LogP contribution in [0.4, 0.5) is 8.78 Å². The fourth-order valence-electron chi connectivity index (χ4n) is 3.30. The summed E-state index contributed by atoms with van der Waals surface area (Å²) in [6, 6.07) is 3.46. The summed E-state index contributed by atoms with van der Waals surface area (Å²) in [7, 11) is 0. The molecule has 0 radical (unpaired) electrons. The second-order valence-corrected chi connectivity index (χ2v) is 6.77. The molecule has 1 aliphatic rings. The zero-order chi connectivity index (χ0) is 15.0. The number of benzene rings is 1. The van der Waals surface area contributed by atoms with Gasteiger partial charge in [-0.2, -0.15) is 0 Å². The standard InChI is InChI=1S/C17H24F2O/c1-4-16(2,3)12-7-9-17(20,10-8-12)14-6-5-13(18)11-15(14)19/h5-6,11-12,20H,4,7-10H2,1-3H3. The van der Waals surface area contributed by atoms with E-state index in [0.717, 1.165) is 25.3 Å². The van der Waals surface area contributed by atoms with Crippen LogP contribution in [0, 0.1) is 23.0 Å². The first-order chi connectivity index (χ1) is 9.28. The van der Waals surface area contributed by atoms with Crippen molar-refractivity contribution in [3.8, 4) is 0 Å². The molecule has 20 heavy (non-hydrogen) atoms. The topological polar surface area (TPSA) is 20.2 Å². The quantitative estimate of drug-likeness (QED) is 0.846. The van der Waals surface area contributed by atoms with Crippen LogP contribution >= 0.6 is 0 Å². The molecule has 3 heteroatoms. The van der Waals surface area contributed by atoms with Gasteiger partial charge >= 0.3 is 0 Å². The van der Waals surface area contributed by atoms with Crippen molar-refractivity contribution in [1.29, 1.82) is 0 Å². The van der Waals surface area contributed by atoms with E-state index in [1.165, 1.54) is 12.1 Å². The molecule has 0 unspecified atom stereocenters. The summed E-state index contributed by atoms with van der Waals surface area (Å²) < 4.78 is 26.9. The maximum absolute atomic E-state index is 13.9. The number of aliphatic hydroxyl groups is 1. The van der Waals surface area contributed by atoms with Crippen molar-refractivity contribution in [3.05, 3.63) is 35.4 Å². The second-order valence-electron chi connectivity index (χ2n) is 6.77. The van der Waals surface area contributed by atoms with Crippen LogP contribution in [0.5, 0.6) is 0 Å². The lowest BCUT2D eigenvalue weighted by atomic mass is 9.65. The highest BCUT2D eigenvalue weighted by Gasteiger charge is 2.40. The highest BCUT2D eigenvalue weighted by atomic mass is 19.1. The molecule has 1 aromatic carbocycles. The minimum atomic E-state index is -1.14. The first-order valence-electron chi connectivity index (χ1n) is 7.46. The van der Waals surface area contributed by atoms with E-state index in [1.54, 1.807) is 0 Å². The minimum Gasteiger partial charge on any atom is -0.385 e. The molecule has 1 N–H and O–H groups in total. The lowest BCUT2D eigenvalue weighted by Gasteiger charge is -2.42. The van der Waals surface area contributed by atoms with Crippen molar-refractivity contribution in [3.63, 3.8) is 0 Å². The summed E-state index contributed by atoms with van der Waals surface area (Å²) in [5.41, 5.74) is -0.646. The SMILES string of the molecule is CCC(C)(C)C1CCC(O)(c2ccc(F)cc2F)CC1. The number of halogens is 2. The fourth-order valence-corrected chi connectivity index (χ4v) is 3.30. The van der Waals surface area contributed by atoms with Gasteiger partial charge in [0.2, 0.25) is 0 Å². The smallest absolute Gasteiger partial charge is 0.132 e. The summed E-state index contributed by atoms with van der Waals surface area (Å²) in [4.78, 5) is 0. The lowest BCUT2D eigenvalue weighted by molar-refractivity contribution is -0.0352. The number of rotatable bonds is 3. The summed E-state index contributed by atoms with van der Waals surface area (Å²) in [5, 5.41) is 10.7. The van der Waals surface area contributed by atoms with Gasteiger partial charge in [-0.25, -0.2) is 8.78 Å². The molecule has 0 spiro atoms. The van der Waals surface area contributed by atoms with Gasteiger partial charge < -0.3 is 5.11 Å². The van der Waals surface area contributed by atoms with Crippen LogP contribution in [0.25, 0.3) is 0 Å². The molecular weight excluding hydrogens is 258 g/mol. The molecule has 112 valence electrons. The summed E-state index contributed by atoms with van der Waals surface area (Å²) in [5.74, 6) is -0.687. The van der Waals surface area contributed by atoms with E-state index in [-0.39, 0.29) is 11.0 Å². The molecule has 0 amide bonds. The molecule has 0 aliphatic heterocycles. The van der Waals surface area contributed by atoms with E-state index in [0.29, 0.717) is 18.8 Å². The normalized spacial score (nSPS) is 27.6. The predicted molar refractivity (Wildman–Crippen MR) is 76.3 cm³/mol. The van der Waals surface area contributed by atoms with Crippen molar-refractivity contribution < 1.29 is 13.9 Å². The Morgan fingerprint density at radius 2 is 1.85 bits per heavy atom. The van der Waals surface area contributed by atoms with E-state index >= 15 is 0 Å². The van der Waals surface area contributed by atoms with E-state index in [1.807, 2.05) is 0 Å². The van der Waals surface area contributed by atoms with Gasteiger partial charge in [-0.15, -0.1) is 0 Å². The highest BCUT2D eigenvalue weighted by molar-refractivity contribution is 5.25. The molecule has 0 bridgehead atoms. The monoisotopic (exact) mass is 282 g/mol. The maximum atomic E-state index is 13.9. The second kappa shape index (κ2) is 5.44. The molecular formula is C17H24F2O. The fraction of sp³-hybridized carbons (Fsp3) is 0.647. The van der Waals surface area contributed by atoms with Crippen LogP contribution in [-0.4, -0.2) is 5.11 Å². The average molecular weight is 282 g/mol. The molecule has 1 nitrogen and oxygen atoms in total. The van der Waals surface area contributed by atoms with Crippen LogP contribution in [0.15, 0.2) is 18.2 Å². The minimum absolute atomic E-state index is 0.242. The molecule has 0 atom stereocenters. The van der Waals surface area contributed by atoms with E-state index in [2.05, 4.69) is 20.8 Å². The van der Waals surface area contributed by atoms with Crippen molar-refractivity contribution in [2.24, 2.45) is 11.3 Å². The predicted octanol–water partition coefficient (Wildman–Crippen LogP) is 4.78. The summed E-state index contributed by atoms with van der Waals surface area (Å²) in [6.07, 6.45) is 3.95. The number of hydrogen-bond donors (Lipinski definition) is 1. The Bertz CT molecular complexity index is 474. The van der Waals surface area contributed by atoms with Crippen LogP contribution in [-0.2, 0) is 5.60 Å². The van der Waals surface area contributed by atoms with Gasteiger partial charge in [-0.3, -0.25) is 0 Å². The third kappa shape index (κ3) is 2.88. The Morgan fingerprint density at radius 1 is 1.25 bits per heavy atom. The third-order valence-corrected chi connectivity index (χ3v) is 5.26. The zero-order valence-corrected chi connectivity index (χ0v) is 12.5. The zero-order valence-electron chi connectivity index (χ0n) is 12.5. The van der Waals surface area contributed by atoms with E-state index < -0.39 is 17.2 Å². The maximum Gasteiger partial charge on any atom is 0.132 e. The Labute approximate surface area is 120 Å². The molecule has 1 saturated carbocycles. The van der Waals surface area contributed by atoms with Gasteiger partial charge in [0.05, 0.1) is 5.60 Å². The van der Waals surface area contributed by atoms with Crippen molar-refractivity contribution in [2.75, 3.05) is 0 Å². The van der Waals surface area contributed by atoms with Crippen LogP contribution in [0.2, 0.25) is 0 Å². The first-order valence-corrected chi connectivity index (χ1v) is 7.46. The molecule has 1 aromatic rings. The average Bonchev–Trinajstić information content (AvgIpc) is 2.39. The summed E-state index contributed by atoms with van der Waals surface area (Å²) in [6.45, 7) is 6.68. The molecule has 0 aromatic heterocycles. The molecule has 2 rings (SSSR count). The van der Waals surface area contributed by atoms with Gasteiger partial charge in [0.15, 0.2) is 0 Å². The molecule has 0 heterocycles. The van der Waals surface area contributed by atoms with E-state index in [4.69, 9.17) is 0 Å². The van der Waals surface area contributed by atoms with Crippen LogP contribution in [0.3, 0.4) is 0 Å². The molecule has 1 fully saturated rings. The largest absolute Gasteiger partial charge is 0.385 e. The van der Waals surface area contributed by atoms with Gasteiger partial charge in [0.1, 0.15) is 11.6 Å². The Balaban J connectivity index is 2.15.